The van der Waals surface area contributed by atoms with Crippen molar-refractivity contribution in [2.45, 2.75) is 13.0 Å². The van der Waals surface area contributed by atoms with Crippen molar-refractivity contribution in [3.8, 4) is 11.5 Å². The molecule has 0 radical (unpaired) electrons. The van der Waals surface area contributed by atoms with Gasteiger partial charge in [-0.2, -0.15) is 0 Å². The molecule has 0 amide bonds. The van der Waals surface area contributed by atoms with Gasteiger partial charge in [0.2, 0.25) is 0 Å². The summed E-state index contributed by atoms with van der Waals surface area (Å²) in [5.74, 6) is 0.565. The van der Waals surface area contributed by atoms with Gasteiger partial charge in [0.25, 0.3) is 0 Å². The van der Waals surface area contributed by atoms with Crippen molar-refractivity contribution in [2.24, 2.45) is 0 Å². The van der Waals surface area contributed by atoms with Crippen LogP contribution in [-0.2, 0) is 6.54 Å². The lowest BCUT2D eigenvalue weighted by Crippen LogP contribution is -2.15. The van der Waals surface area contributed by atoms with Gasteiger partial charge in [0, 0.05) is 13.2 Å². The lowest BCUT2D eigenvalue weighted by atomic mass is 10.2. The van der Waals surface area contributed by atoms with Crippen LogP contribution < -0.4 is 10.1 Å². The molecular weight excluding hydrogens is 274 g/mol. The van der Waals surface area contributed by atoms with E-state index < -0.39 is 0 Å². The second kappa shape index (κ2) is 6.73. The zero-order chi connectivity index (χ0) is 12.0. The van der Waals surface area contributed by atoms with Crippen LogP contribution in [0.5, 0.6) is 11.5 Å². The molecule has 0 unspecified atom stereocenters. The number of benzene rings is 1. The summed E-state index contributed by atoms with van der Waals surface area (Å²) in [6.45, 7) is 1.63. The Morgan fingerprint density at radius 3 is 2.81 bits per heavy atom. The van der Waals surface area contributed by atoms with Gasteiger partial charge in [-0.15, -0.1) is 0 Å². The molecule has 4 nitrogen and oxygen atoms in total. The molecule has 1 aromatic rings. The first-order valence-electron chi connectivity index (χ1n) is 5.06. The van der Waals surface area contributed by atoms with E-state index in [4.69, 9.17) is 9.84 Å². The van der Waals surface area contributed by atoms with E-state index in [1.807, 2.05) is 6.07 Å². The minimum Gasteiger partial charge on any atom is -0.503 e. The molecule has 0 spiro atoms. The number of methoxy groups -OCH3 is 1. The quantitative estimate of drug-likeness (QED) is 0.697. The molecule has 0 atom stereocenters. The Morgan fingerprint density at radius 2 is 2.19 bits per heavy atom. The average molecular weight is 290 g/mol. The van der Waals surface area contributed by atoms with Gasteiger partial charge in [-0.1, -0.05) is 0 Å². The third kappa shape index (κ3) is 3.66. The number of nitrogens with one attached hydrogen (secondary N) is 1. The van der Waals surface area contributed by atoms with Crippen LogP contribution in [-0.4, -0.2) is 30.5 Å². The van der Waals surface area contributed by atoms with Crippen LogP contribution in [0.1, 0.15) is 12.0 Å². The maximum Gasteiger partial charge on any atom is 0.172 e. The summed E-state index contributed by atoms with van der Waals surface area (Å²) in [5, 5.41) is 21.4. The Balaban J connectivity index is 2.63. The summed E-state index contributed by atoms with van der Waals surface area (Å²) in [6.07, 6.45) is 0.733. The monoisotopic (exact) mass is 289 g/mol. The number of ether oxygens (including phenoxy) is 1. The van der Waals surface area contributed by atoms with E-state index in [0.29, 0.717) is 16.8 Å². The van der Waals surface area contributed by atoms with Gasteiger partial charge >= 0.3 is 0 Å². The Bertz CT molecular complexity index is 344. The highest BCUT2D eigenvalue weighted by atomic mass is 79.9. The highest BCUT2D eigenvalue weighted by Crippen LogP contribution is 2.35. The molecule has 3 N–H and O–H groups in total. The van der Waals surface area contributed by atoms with Crippen molar-refractivity contribution in [1.29, 1.82) is 0 Å². The Hall–Kier alpha value is -0.780. The standard InChI is InChI=1S/C11H16BrNO3/c1-16-10-6-8(5-9(12)11(10)15)7-13-3-2-4-14/h5-6,13-15H,2-4,7H2,1H3. The number of phenolic OH excluding ortho intramolecular Hbond substituents is 1. The van der Waals surface area contributed by atoms with E-state index in [1.54, 1.807) is 6.07 Å². The maximum absolute atomic E-state index is 9.61. The minimum absolute atomic E-state index is 0.113. The Morgan fingerprint density at radius 1 is 1.44 bits per heavy atom. The van der Waals surface area contributed by atoms with Crippen LogP contribution in [0.3, 0.4) is 0 Å². The Labute approximate surface area is 103 Å². The van der Waals surface area contributed by atoms with Crippen LogP contribution in [0, 0.1) is 0 Å². The maximum atomic E-state index is 9.61. The first kappa shape index (κ1) is 13.3. The molecule has 0 heterocycles. The first-order chi connectivity index (χ1) is 7.69. The number of aliphatic hydroxyl groups excluding tert-OH is 1. The highest BCUT2D eigenvalue weighted by molar-refractivity contribution is 9.10. The summed E-state index contributed by atoms with van der Waals surface area (Å²) in [5.41, 5.74) is 1.01. The molecule has 0 bridgehead atoms. The van der Waals surface area contributed by atoms with E-state index in [-0.39, 0.29) is 12.4 Å². The smallest absolute Gasteiger partial charge is 0.172 e. The van der Waals surface area contributed by atoms with Gasteiger partial charge in [-0.25, -0.2) is 0 Å². The van der Waals surface area contributed by atoms with Crippen LogP contribution in [0.15, 0.2) is 16.6 Å². The number of hydrogen-bond acceptors (Lipinski definition) is 4. The van der Waals surface area contributed by atoms with Crippen LogP contribution in [0.2, 0.25) is 0 Å². The normalized spacial score (nSPS) is 10.4. The van der Waals surface area contributed by atoms with Crippen LogP contribution in [0.4, 0.5) is 0 Å². The fraction of sp³-hybridized carbons (Fsp3) is 0.455. The molecule has 0 aliphatic rings. The summed E-state index contributed by atoms with van der Waals surface area (Å²) < 4.78 is 5.66. The topological polar surface area (TPSA) is 61.7 Å². The third-order valence-corrected chi connectivity index (χ3v) is 2.75. The third-order valence-electron chi connectivity index (χ3n) is 2.15. The largest absolute Gasteiger partial charge is 0.503 e. The van der Waals surface area contributed by atoms with Gasteiger partial charge in [0.1, 0.15) is 0 Å². The molecule has 1 rings (SSSR count). The number of aliphatic hydroxyl groups is 1. The van der Waals surface area contributed by atoms with Gasteiger partial charge < -0.3 is 20.3 Å². The number of hydrogen-bond donors (Lipinski definition) is 3. The predicted octanol–water partition coefficient (Wildman–Crippen LogP) is 1.64. The average Bonchev–Trinajstić information content (AvgIpc) is 2.29. The molecule has 0 saturated heterocycles. The van der Waals surface area contributed by atoms with Crippen molar-refractivity contribution in [1.82, 2.24) is 5.32 Å². The van der Waals surface area contributed by atoms with Gasteiger partial charge in [0.05, 0.1) is 11.6 Å². The fourth-order valence-corrected chi connectivity index (χ4v) is 1.81. The molecule has 1 aromatic carbocycles. The summed E-state index contributed by atoms with van der Waals surface area (Å²) in [6, 6.07) is 3.62. The van der Waals surface area contributed by atoms with E-state index >= 15 is 0 Å². The number of aromatic hydroxyl groups is 1. The summed E-state index contributed by atoms with van der Waals surface area (Å²) in [4.78, 5) is 0. The fourth-order valence-electron chi connectivity index (χ4n) is 1.32. The number of rotatable bonds is 6. The molecule has 5 heteroatoms. The van der Waals surface area contributed by atoms with Crippen molar-refractivity contribution in [2.75, 3.05) is 20.3 Å². The van der Waals surface area contributed by atoms with Crippen molar-refractivity contribution >= 4 is 15.9 Å². The molecular formula is C11H16BrNO3. The SMILES string of the molecule is COc1cc(CNCCCO)cc(Br)c1O. The zero-order valence-electron chi connectivity index (χ0n) is 9.16. The molecule has 0 aromatic heterocycles. The van der Waals surface area contributed by atoms with Crippen LogP contribution in [0.25, 0.3) is 0 Å². The van der Waals surface area contributed by atoms with Crippen molar-refractivity contribution in [3.63, 3.8) is 0 Å². The van der Waals surface area contributed by atoms with Gasteiger partial charge in [-0.05, 0) is 46.6 Å². The summed E-state index contributed by atoms with van der Waals surface area (Å²) >= 11 is 3.26. The van der Waals surface area contributed by atoms with Crippen molar-refractivity contribution in [3.05, 3.63) is 22.2 Å². The second-order valence-corrected chi connectivity index (χ2v) is 4.24. The molecule has 0 aliphatic carbocycles. The molecule has 0 saturated carbocycles. The van der Waals surface area contributed by atoms with Gasteiger partial charge in [-0.3, -0.25) is 0 Å². The summed E-state index contributed by atoms with van der Waals surface area (Å²) in [7, 11) is 1.52. The molecule has 90 valence electrons. The number of phenols is 1. The van der Waals surface area contributed by atoms with E-state index in [2.05, 4.69) is 21.2 Å². The molecule has 0 fully saturated rings. The second-order valence-electron chi connectivity index (χ2n) is 3.38. The number of halogens is 1. The predicted molar refractivity (Wildman–Crippen MR) is 65.8 cm³/mol. The van der Waals surface area contributed by atoms with Crippen molar-refractivity contribution < 1.29 is 14.9 Å². The lowest BCUT2D eigenvalue weighted by molar-refractivity contribution is 0.286. The molecule has 16 heavy (non-hydrogen) atoms. The van der Waals surface area contributed by atoms with E-state index in [9.17, 15) is 5.11 Å². The van der Waals surface area contributed by atoms with Crippen LogP contribution >= 0.6 is 15.9 Å². The van der Waals surface area contributed by atoms with E-state index in [1.165, 1.54) is 7.11 Å². The zero-order valence-corrected chi connectivity index (χ0v) is 10.7. The Kier molecular flexibility index (Phi) is 5.59. The minimum atomic E-state index is 0.113. The van der Waals surface area contributed by atoms with Gasteiger partial charge in [0.15, 0.2) is 11.5 Å². The van der Waals surface area contributed by atoms with E-state index in [0.717, 1.165) is 18.5 Å². The molecule has 0 aliphatic heterocycles. The lowest BCUT2D eigenvalue weighted by Gasteiger charge is -2.09. The highest BCUT2D eigenvalue weighted by Gasteiger charge is 2.07. The first-order valence-corrected chi connectivity index (χ1v) is 5.85.